The average molecular weight is 356 g/mol. The van der Waals surface area contributed by atoms with Crippen LogP contribution in [0.1, 0.15) is 33.6 Å². The van der Waals surface area contributed by atoms with E-state index in [0.29, 0.717) is 13.1 Å². The smallest absolute Gasteiger partial charge is 0.234 e. The van der Waals surface area contributed by atoms with Gasteiger partial charge in [-0.2, -0.15) is 0 Å². The van der Waals surface area contributed by atoms with Crippen LogP contribution >= 0.6 is 11.3 Å². The minimum Gasteiger partial charge on any atom is -0.350 e. The minimum absolute atomic E-state index is 0.0525. The van der Waals surface area contributed by atoms with Gasteiger partial charge in [-0.15, -0.1) is 11.3 Å². The molecule has 1 amide bonds. The molecule has 2 aromatic rings. The molecule has 1 fully saturated rings. The van der Waals surface area contributed by atoms with E-state index in [0.717, 1.165) is 36.4 Å². The highest BCUT2D eigenvalue weighted by atomic mass is 32.1. The molecule has 4 nitrogen and oxygen atoms in total. The van der Waals surface area contributed by atoms with Crippen molar-refractivity contribution in [3.05, 3.63) is 57.8 Å². The maximum absolute atomic E-state index is 12.6. The SMILES string of the molecule is Cc1ccc(C(=O)C2CCN(CC(=O)NCc3cccs3)CC2)cc1. The van der Waals surface area contributed by atoms with Gasteiger partial charge >= 0.3 is 0 Å². The number of piperidine rings is 1. The van der Waals surface area contributed by atoms with Crippen molar-refractivity contribution in [2.24, 2.45) is 5.92 Å². The predicted molar refractivity (Wildman–Crippen MR) is 101 cm³/mol. The van der Waals surface area contributed by atoms with Crippen molar-refractivity contribution in [2.45, 2.75) is 26.3 Å². The topological polar surface area (TPSA) is 49.4 Å². The summed E-state index contributed by atoms with van der Waals surface area (Å²) in [7, 11) is 0. The zero-order valence-corrected chi connectivity index (χ0v) is 15.3. The van der Waals surface area contributed by atoms with Gasteiger partial charge in [-0.1, -0.05) is 35.9 Å². The van der Waals surface area contributed by atoms with Gasteiger partial charge in [-0.3, -0.25) is 14.5 Å². The van der Waals surface area contributed by atoms with Gasteiger partial charge in [0.25, 0.3) is 0 Å². The molecule has 132 valence electrons. The summed E-state index contributed by atoms with van der Waals surface area (Å²) < 4.78 is 0. The van der Waals surface area contributed by atoms with Gasteiger partial charge in [-0.05, 0) is 44.3 Å². The summed E-state index contributed by atoms with van der Waals surface area (Å²) in [6.07, 6.45) is 1.65. The first-order valence-corrected chi connectivity index (χ1v) is 9.62. The highest BCUT2D eigenvalue weighted by Gasteiger charge is 2.26. The van der Waals surface area contributed by atoms with E-state index in [1.165, 1.54) is 5.56 Å². The molecule has 1 aliphatic rings. The van der Waals surface area contributed by atoms with Crippen molar-refractivity contribution in [1.82, 2.24) is 10.2 Å². The van der Waals surface area contributed by atoms with Crippen molar-refractivity contribution in [1.29, 1.82) is 0 Å². The van der Waals surface area contributed by atoms with Crippen molar-refractivity contribution in [3.63, 3.8) is 0 Å². The lowest BCUT2D eigenvalue weighted by molar-refractivity contribution is -0.122. The summed E-state index contributed by atoms with van der Waals surface area (Å²) in [4.78, 5) is 27.9. The van der Waals surface area contributed by atoms with E-state index in [2.05, 4.69) is 10.2 Å². The van der Waals surface area contributed by atoms with Gasteiger partial charge in [-0.25, -0.2) is 0 Å². The molecule has 1 saturated heterocycles. The highest BCUT2D eigenvalue weighted by molar-refractivity contribution is 7.09. The summed E-state index contributed by atoms with van der Waals surface area (Å²) in [6, 6.07) is 11.8. The summed E-state index contributed by atoms with van der Waals surface area (Å²) >= 11 is 1.65. The molecule has 0 bridgehead atoms. The Balaban J connectivity index is 1.42. The molecule has 0 aliphatic carbocycles. The van der Waals surface area contributed by atoms with Crippen LogP contribution in [0.3, 0.4) is 0 Å². The Labute approximate surface area is 152 Å². The molecule has 25 heavy (non-hydrogen) atoms. The van der Waals surface area contributed by atoms with Crippen LogP contribution in [0, 0.1) is 12.8 Å². The summed E-state index contributed by atoms with van der Waals surface area (Å²) in [5.41, 5.74) is 1.97. The fourth-order valence-electron chi connectivity index (χ4n) is 3.16. The quantitative estimate of drug-likeness (QED) is 0.808. The summed E-state index contributed by atoms with van der Waals surface area (Å²) in [5, 5.41) is 4.97. The number of rotatable bonds is 6. The Morgan fingerprint density at radius 1 is 1.16 bits per heavy atom. The fraction of sp³-hybridized carbons (Fsp3) is 0.400. The first-order chi connectivity index (χ1) is 12.1. The van der Waals surface area contributed by atoms with Crippen LogP contribution in [0.2, 0.25) is 0 Å². The van der Waals surface area contributed by atoms with Crippen LogP contribution in [0.5, 0.6) is 0 Å². The van der Waals surface area contributed by atoms with Gasteiger partial charge in [0.15, 0.2) is 5.78 Å². The van der Waals surface area contributed by atoms with Gasteiger partial charge in [0.2, 0.25) is 5.91 Å². The second kappa shape index (κ2) is 8.41. The summed E-state index contributed by atoms with van der Waals surface area (Å²) in [6.45, 7) is 4.63. The normalized spacial score (nSPS) is 15.9. The van der Waals surface area contributed by atoms with Gasteiger partial charge in [0.05, 0.1) is 13.1 Å². The third-order valence-electron chi connectivity index (χ3n) is 4.70. The molecule has 1 aromatic heterocycles. The lowest BCUT2D eigenvalue weighted by Gasteiger charge is -2.30. The van der Waals surface area contributed by atoms with E-state index in [1.807, 2.05) is 48.7 Å². The number of benzene rings is 1. The lowest BCUT2D eigenvalue weighted by atomic mass is 9.88. The molecular weight excluding hydrogens is 332 g/mol. The number of carbonyl (C=O) groups excluding carboxylic acids is 2. The Hall–Kier alpha value is -1.98. The average Bonchev–Trinajstić information content (AvgIpc) is 3.14. The molecule has 0 radical (unpaired) electrons. The van der Waals surface area contributed by atoms with Gasteiger partial charge in [0, 0.05) is 16.4 Å². The van der Waals surface area contributed by atoms with Crippen molar-refractivity contribution in [2.75, 3.05) is 19.6 Å². The highest BCUT2D eigenvalue weighted by Crippen LogP contribution is 2.22. The number of aryl methyl sites for hydroxylation is 1. The maximum atomic E-state index is 12.6. The van der Waals surface area contributed by atoms with E-state index >= 15 is 0 Å². The fourth-order valence-corrected chi connectivity index (χ4v) is 3.81. The Morgan fingerprint density at radius 2 is 1.88 bits per heavy atom. The molecule has 0 saturated carbocycles. The largest absolute Gasteiger partial charge is 0.350 e. The third kappa shape index (κ3) is 5.00. The Bertz CT molecular complexity index is 702. The van der Waals surface area contributed by atoms with E-state index in [9.17, 15) is 9.59 Å². The molecule has 1 N–H and O–H groups in total. The molecule has 0 atom stereocenters. The van der Waals surface area contributed by atoms with Crippen molar-refractivity contribution >= 4 is 23.0 Å². The summed E-state index contributed by atoms with van der Waals surface area (Å²) in [5.74, 6) is 0.367. The molecule has 1 aromatic carbocycles. The molecule has 0 unspecified atom stereocenters. The number of likely N-dealkylation sites (tertiary alicyclic amines) is 1. The number of Topliss-reactive ketones (excluding diaryl/α,β-unsaturated/α-hetero) is 1. The number of thiophene rings is 1. The van der Waals surface area contributed by atoms with Crippen molar-refractivity contribution < 1.29 is 9.59 Å². The van der Waals surface area contributed by atoms with Crippen LogP contribution in [0.4, 0.5) is 0 Å². The number of nitrogens with zero attached hydrogens (tertiary/aromatic N) is 1. The number of carbonyl (C=O) groups is 2. The van der Waals surface area contributed by atoms with Crippen molar-refractivity contribution in [3.8, 4) is 0 Å². The number of hydrogen-bond acceptors (Lipinski definition) is 4. The molecule has 1 aliphatic heterocycles. The monoisotopic (exact) mass is 356 g/mol. The molecule has 0 spiro atoms. The van der Waals surface area contributed by atoms with Crippen LogP contribution in [-0.4, -0.2) is 36.2 Å². The minimum atomic E-state index is 0.0525. The lowest BCUT2D eigenvalue weighted by Crippen LogP contribution is -2.42. The molecule has 2 heterocycles. The molecule has 3 rings (SSSR count). The predicted octanol–water partition coefficient (Wildman–Crippen LogP) is 3.27. The van der Waals surface area contributed by atoms with Crippen LogP contribution < -0.4 is 5.32 Å². The zero-order chi connectivity index (χ0) is 17.6. The third-order valence-corrected chi connectivity index (χ3v) is 5.58. The number of ketones is 1. The van der Waals surface area contributed by atoms with E-state index in [4.69, 9.17) is 0 Å². The van der Waals surface area contributed by atoms with Gasteiger partial charge < -0.3 is 5.32 Å². The zero-order valence-electron chi connectivity index (χ0n) is 14.5. The Morgan fingerprint density at radius 3 is 2.52 bits per heavy atom. The van der Waals surface area contributed by atoms with Gasteiger partial charge in [0.1, 0.15) is 0 Å². The second-order valence-corrected chi connectivity index (χ2v) is 7.67. The first kappa shape index (κ1) is 17.8. The second-order valence-electron chi connectivity index (χ2n) is 6.64. The number of hydrogen-bond donors (Lipinski definition) is 1. The van der Waals surface area contributed by atoms with E-state index < -0.39 is 0 Å². The van der Waals surface area contributed by atoms with E-state index in [1.54, 1.807) is 11.3 Å². The molecule has 5 heteroatoms. The molecular formula is C20H24N2O2S. The number of nitrogens with one attached hydrogen (secondary N) is 1. The standard InChI is InChI=1S/C20H24N2O2S/c1-15-4-6-16(7-5-15)20(24)17-8-10-22(11-9-17)14-19(23)21-13-18-3-2-12-25-18/h2-7,12,17H,8-11,13-14H2,1H3,(H,21,23). The number of amides is 1. The first-order valence-electron chi connectivity index (χ1n) is 8.74. The Kier molecular flexibility index (Phi) is 6.00. The van der Waals surface area contributed by atoms with Crippen LogP contribution in [0.15, 0.2) is 41.8 Å². The van der Waals surface area contributed by atoms with Crippen LogP contribution in [-0.2, 0) is 11.3 Å². The maximum Gasteiger partial charge on any atom is 0.234 e. The van der Waals surface area contributed by atoms with E-state index in [-0.39, 0.29) is 17.6 Å². The van der Waals surface area contributed by atoms with Crippen LogP contribution in [0.25, 0.3) is 0 Å².